The number of amides is 2. The number of pyridine rings is 1. The largest absolute Gasteiger partial charge is 0.497 e. The highest BCUT2D eigenvalue weighted by atomic mass is 32.2. The topological polar surface area (TPSA) is 92.4 Å². The molecule has 2 amide bonds. The zero-order chi connectivity index (χ0) is 23.1. The Morgan fingerprint density at radius 2 is 1.82 bits per heavy atom. The number of aromatic nitrogens is 2. The summed E-state index contributed by atoms with van der Waals surface area (Å²) in [6.07, 6.45) is 4.50. The van der Waals surface area contributed by atoms with Gasteiger partial charge in [-0.05, 0) is 60.1 Å². The molecule has 4 aliphatic rings. The lowest BCUT2D eigenvalue weighted by molar-refractivity contribution is -0.123. The number of aromatic amines is 1. The lowest BCUT2D eigenvalue weighted by Crippen LogP contribution is -2.42. The third kappa shape index (κ3) is 2.65. The molecule has 4 heterocycles. The first-order chi connectivity index (χ1) is 16.6. The first kappa shape index (κ1) is 20.5. The number of thioether (sulfide) groups is 1. The van der Waals surface area contributed by atoms with E-state index in [0.29, 0.717) is 11.4 Å². The van der Waals surface area contributed by atoms with Crippen molar-refractivity contribution in [1.29, 1.82) is 0 Å². The van der Waals surface area contributed by atoms with Gasteiger partial charge in [0.05, 0.1) is 29.7 Å². The molecule has 2 aliphatic carbocycles. The molecule has 7 atom stereocenters. The number of fused-ring (bicyclic) bond motifs is 9. The lowest BCUT2D eigenvalue weighted by atomic mass is 9.68. The lowest BCUT2D eigenvalue weighted by Gasteiger charge is -2.42. The molecule has 172 valence electrons. The number of nitrogens with one attached hydrogen (secondary N) is 1. The average Bonchev–Trinajstić information content (AvgIpc) is 3.58. The van der Waals surface area contributed by atoms with E-state index in [0.717, 1.165) is 21.9 Å². The quantitative estimate of drug-likeness (QED) is 0.564. The van der Waals surface area contributed by atoms with Crippen LogP contribution in [0.15, 0.2) is 58.6 Å². The van der Waals surface area contributed by atoms with Gasteiger partial charge in [-0.1, -0.05) is 17.4 Å². The summed E-state index contributed by atoms with van der Waals surface area (Å²) in [6, 6.07) is 11.1. The smallest absolute Gasteiger partial charge is 0.305 e. The molecule has 0 spiro atoms. The van der Waals surface area contributed by atoms with Crippen LogP contribution in [0.3, 0.4) is 0 Å². The Labute approximate surface area is 203 Å². The summed E-state index contributed by atoms with van der Waals surface area (Å²) in [5.41, 5.74) is 1.68. The van der Waals surface area contributed by atoms with E-state index in [1.165, 1.54) is 16.2 Å². The van der Waals surface area contributed by atoms with Crippen LogP contribution in [0.5, 0.6) is 5.75 Å². The fourth-order valence-electron chi connectivity index (χ4n) is 6.94. The molecule has 0 radical (unpaired) electrons. The molecule has 2 saturated carbocycles. The highest BCUT2D eigenvalue weighted by molar-refractivity contribution is 8.00. The molecule has 2 aliphatic heterocycles. The molecule has 1 aromatic carbocycles. The monoisotopic (exact) mass is 491 g/mol. The minimum absolute atomic E-state index is 0.00721. The van der Waals surface area contributed by atoms with Crippen molar-refractivity contribution in [3.8, 4) is 5.75 Å². The number of benzene rings is 1. The summed E-state index contributed by atoms with van der Waals surface area (Å²) in [5, 5.41) is 1.10. The van der Waals surface area contributed by atoms with E-state index in [4.69, 9.17) is 4.74 Å². The standard InChI is InChI=1S/C25H21N3O4S2/c1-32-13-6-4-12(5-7-13)28-23(29)18-14-9-15(19(18)24(28)30)20-17(14)16(11-3-2-8-26-10-11)21-22(33-20)27-25(31)34-21/h2-8,10,14-20H,9H2,1H3,(H,27,31)/t14-,15-,16-,17-,18+,19-,20+/m0/s1. The molecule has 2 aromatic heterocycles. The van der Waals surface area contributed by atoms with Gasteiger partial charge in [0.15, 0.2) is 0 Å². The molecular weight excluding hydrogens is 470 g/mol. The predicted octanol–water partition coefficient (Wildman–Crippen LogP) is 3.52. The van der Waals surface area contributed by atoms with E-state index in [2.05, 4.69) is 16.0 Å². The highest BCUT2D eigenvalue weighted by Gasteiger charge is 2.69. The van der Waals surface area contributed by atoms with E-state index in [9.17, 15) is 14.4 Å². The second-order valence-electron chi connectivity index (χ2n) is 9.46. The third-order valence-corrected chi connectivity index (χ3v) is 10.7. The van der Waals surface area contributed by atoms with Crippen LogP contribution in [0, 0.1) is 29.6 Å². The second-order valence-corrected chi connectivity index (χ2v) is 11.7. The molecule has 1 saturated heterocycles. The number of H-pyrrole nitrogens is 1. The zero-order valence-electron chi connectivity index (χ0n) is 18.2. The Balaban J connectivity index is 1.30. The molecular formula is C25H21N3O4S2. The van der Waals surface area contributed by atoms with Crippen LogP contribution in [0.4, 0.5) is 5.69 Å². The van der Waals surface area contributed by atoms with E-state index in [-0.39, 0.29) is 57.4 Å². The third-order valence-electron chi connectivity index (χ3n) is 8.10. The van der Waals surface area contributed by atoms with E-state index in [1.807, 2.05) is 12.3 Å². The second kappa shape index (κ2) is 7.29. The van der Waals surface area contributed by atoms with Crippen LogP contribution < -0.4 is 14.5 Å². The van der Waals surface area contributed by atoms with Crippen molar-refractivity contribution in [2.24, 2.45) is 29.6 Å². The summed E-state index contributed by atoms with van der Waals surface area (Å²) >= 11 is 2.96. The Morgan fingerprint density at radius 3 is 2.53 bits per heavy atom. The Kier molecular flexibility index (Phi) is 4.39. The first-order valence-corrected chi connectivity index (χ1v) is 13.1. The van der Waals surface area contributed by atoms with Gasteiger partial charge in [-0.2, -0.15) is 0 Å². The number of hydrogen-bond donors (Lipinski definition) is 1. The SMILES string of the molecule is COc1ccc(N2C(=O)[C@@H]3[C@H]4C[C@H]([C@H]5Sc6[nH]c(=O)sc6[C@@H](c6cccnc6)[C@H]45)[C@@H]3C2=O)cc1. The number of thiazole rings is 1. The summed E-state index contributed by atoms with van der Waals surface area (Å²) < 4.78 is 5.23. The number of imide groups is 1. The average molecular weight is 492 g/mol. The summed E-state index contributed by atoms with van der Waals surface area (Å²) in [4.78, 5) is 49.4. The van der Waals surface area contributed by atoms with Gasteiger partial charge in [0.2, 0.25) is 11.8 Å². The summed E-state index contributed by atoms with van der Waals surface area (Å²) in [5.74, 6) is 0.309. The molecule has 9 heteroatoms. The predicted molar refractivity (Wildman–Crippen MR) is 128 cm³/mol. The van der Waals surface area contributed by atoms with Crippen molar-refractivity contribution in [1.82, 2.24) is 9.97 Å². The Morgan fingerprint density at radius 1 is 1.06 bits per heavy atom. The van der Waals surface area contributed by atoms with Gasteiger partial charge in [-0.3, -0.25) is 24.3 Å². The van der Waals surface area contributed by atoms with Crippen LogP contribution in [0.2, 0.25) is 0 Å². The summed E-state index contributed by atoms with van der Waals surface area (Å²) in [7, 11) is 1.59. The number of methoxy groups -OCH3 is 1. The fourth-order valence-corrected chi connectivity index (χ4v) is 9.82. The van der Waals surface area contributed by atoms with Crippen molar-refractivity contribution >= 4 is 40.6 Å². The maximum absolute atomic E-state index is 13.7. The normalized spacial score (nSPS) is 33.1. The molecule has 0 unspecified atom stereocenters. The van der Waals surface area contributed by atoms with Crippen LogP contribution in [0.1, 0.15) is 22.8 Å². The molecule has 3 fully saturated rings. The van der Waals surface area contributed by atoms with Gasteiger partial charge in [0.1, 0.15) is 5.75 Å². The maximum Gasteiger partial charge on any atom is 0.305 e. The number of hydrogen-bond acceptors (Lipinski definition) is 7. The van der Waals surface area contributed by atoms with Crippen molar-refractivity contribution in [2.45, 2.75) is 22.6 Å². The van der Waals surface area contributed by atoms with Crippen LogP contribution in [0.25, 0.3) is 0 Å². The van der Waals surface area contributed by atoms with Crippen LogP contribution in [-0.2, 0) is 9.59 Å². The first-order valence-electron chi connectivity index (χ1n) is 11.4. The van der Waals surface area contributed by atoms with Crippen LogP contribution >= 0.6 is 23.1 Å². The van der Waals surface area contributed by atoms with E-state index >= 15 is 0 Å². The van der Waals surface area contributed by atoms with Gasteiger partial charge in [-0.25, -0.2) is 0 Å². The van der Waals surface area contributed by atoms with Crippen molar-refractivity contribution < 1.29 is 14.3 Å². The van der Waals surface area contributed by atoms with Gasteiger partial charge in [-0.15, -0.1) is 11.8 Å². The molecule has 2 bridgehead atoms. The number of anilines is 1. The van der Waals surface area contributed by atoms with Crippen molar-refractivity contribution in [2.75, 3.05) is 12.0 Å². The van der Waals surface area contributed by atoms with Gasteiger partial charge >= 0.3 is 4.87 Å². The number of rotatable bonds is 3. The molecule has 7 rings (SSSR count). The molecule has 3 aromatic rings. The number of carbonyl (C=O) groups excluding carboxylic acids is 2. The summed E-state index contributed by atoms with van der Waals surface area (Å²) in [6.45, 7) is 0. The van der Waals surface area contributed by atoms with Gasteiger partial charge in [0, 0.05) is 28.4 Å². The fraction of sp³-hybridized carbons (Fsp3) is 0.360. The minimum atomic E-state index is -0.308. The number of nitrogens with zero attached hydrogens (tertiary/aromatic N) is 2. The molecule has 7 nitrogen and oxygen atoms in total. The van der Waals surface area contributed by atoms with Crippen molar-refractivity contribution in [3.05, 3.63) is 68.9 Å². The Hall–Kier alpha value is -2.91. The highest BCUT2D eigenvalue weighted by Crippen LogP contribution is 2.68. The number of carbonyl (C=O) groups is 2. The Bertz CT molecular complexity index is 1370. The van der Waals surface area contributed by atoms with Crippen LogP contribution in [-0.4, -0.2) is 34.1 Å². The van der Waals surface area contributed by atoms with Crippen molar-refractivity contribution in [3.63, 3.8) is 0 Å². The maximum atomic E-state index is 13.7. The minimum Gasteiger partial charge on any atom is -0.497 e. The van der Waals surface area contributed by atoms with E-state index < -0.39 is 0 Å². The molecule has 34 heavy (non-hydrogen) atoms. The zero-order valence-corrected chi connectivity index (χ0v) is 19.8. The van der Waals surface area contributed by atoms with Gasteiger partial charge < -0.3 is 9.72 Å². The van der Waals surface area contributed by atoms with Gasteiger partial charge in [0.25, 0.3) is 0 Å². The van der Waals surface area contributed by atoms with E-state index in [1.54, 1.807) is 49.3 Å². The molecule has 1 N–H and O–H groups in total. The number of ether oxygens (including phenoxy) is 1.